The van der Waals surface area contributed by atoms with E-state index in [4.69, 9.17) is 0 Å². The molecule has 2 bridgehead atoms. The summed E-state index contributed by atoms with van der Waals surface area (Å²) < 4.78 is 0. The average molecular weight is 206 g/mol. The van der Waals surface area contributed by atoms with Crippen molar-refractivity contribution in [2.75, 3.05) is 0 Å². The molecule has 15 heavy (non-hydrogen) atoms. The first kappa shape index (κ1) is 10.9. The lowest BCUT2D eigenvalue weighted by Crippen LogP contribution is -2.11. The SMILES string of the molecule is CCC(O)/C(C)=C/C1CC2CC1C=C2C. The van der Waals surface area contributed by atoms with Gasteiger partial charge < -0.3 is 5.11 Å². The highest BCUT2D eigenvalue weighted by Crippen LogP contribution is 2.48. The van der Waals surface area contributed by atoms with Gasteiger partial charge in [0.25, 0.3) is 0 Å². The van der Waals surface area contributed by atoms with Crippen LogP contribution in [0.25, 0.3) is 0 Å². The van der Waals surface area contributed by atoms with Crippen LogP contribution in [-0.2, 0) is 0 Å². The molecule has 1 heteroatoms. The summed E-state index contributed by atoms with van der Waals surface area (Å²) >= 11 is 0. The third-order valence-electron chi connectivity index (χ3n) is 4.17. The summed E-state index contributed by atoms with van der Waals surface area (Å²) in [6.45, 7) is 6.36. The van der Waals surface area contributed by atoms with Crippen molar-refractivity contribution in [2.45, 2.75) is 46.1 Å². The summed E-state index contributed by atoms with van der Waals surface area (Å²) in [5, 5.41) is 9.73. The fourth-order valence-corrected chi connectivity index (χ4v) is 3.10. The summed E-state index contributed by atoms with van der Waals surface area (Å²) in [6, 6.07) is 0. The summed E-state index contributed by atoms with van der Waals surface area (Å²) in [4.78, 5) is 0. The second-order valence-corrected chi connectivity index (χ2v) is 5.24. The molecule has 0 aromatic carbocycles. The third kappa shape index (κ3) is 2.03. The second kappa shape index (κ2) is 4.13. The first-order chi connectivity index (χ1) is 7.11. The molecule has 0 aliphatic heterocycles. The molecule has 0 radical (unpaired) electrons. The lowest BCUT2D eigenvalue weighted by Gasteiger charge is -2.19. The molecule has 0 amide bonds. The first-order valence-corrected chi connectivity index (χ1v) is 6.16. The molecule has 84 valence electrons. The maximum Gasteiger partial charge on any atom is 0.0744 e. The van der Waals surface area contributed by atoms with Gasteiger partial charge in [-0.15, -0.1) is 0 Å². The zero-order valence-corrected chi connectivity index (χ0v) is 10.0. The Bertz CT molecular complexity index is 300. The number of aliphatic hydroxyl groups excluding tert-OH is 1. The highest BCUT2D eigenvalue weighted by Gasteiger charge is 2.37. The van der Waals surface area contributed by atoms with Crippen LogP contribution in [0.3, 0.4) is 0 Å². The Morgan fingerprint density at radius 3 is 2.80 bits per heavy atom. The number of aliphatic hydroxyl groups is 1. The smallest absolute Gasteiger partial charge is 0.0744 e. The summed E-state index contributed by atoms with van der Waals surface area (Å²) in [6.07, 6.45) is 8.03. The van der Waals surface area contributed by atoms with E-state index in [1.807, 2.05) is 6.92 Å². The summed E-state index contributed by atoms with van der Waals surface area (Å²) in [5.41, 5.74) is 2.76. The van der Waals surface area contributed by atoms with Gasteiger partial charge >= 0.3 is 0 Å². The predicted molar refractivity (Wildman–Crippen MR) is 63.5 cm³/mol. The van der Waals surface area contributed by atoms with E-state index in [1.54, 1.807) is 5.57 Å². The zero-order chi connectivity index (χ0) is 11.0. The number of hydrogen-bond acceptors (Lipinski definition) is 1. The van der Waals surface area contributed by atoms with Crippen molar-refractivity contribution in [1.29, 1.82) is 0 Å². The Hall–Kier alpha value is -0.560. The lowest BCUT2D eigenvalue weighted by molar-refractivity contribution is 0.205. The summed E-state index contributed by atoms with van der Waals surface area (Å²) in [7, 11) is 0. The number of rotatable bonds is 3. The van der Waals surface area contributed by atoms with Gasteiger partial charge in [-0.3, -0.25) is 0 Å². The van der Waals surface area contributed by atoms with Crippen molar-refractivity contribution >= 4 is 0 Å². The molecule has 4 atom stereocenters. The van der Waals surface area contributed by atoms with Crippen LogP contribution in [0.15, 0.2) is 23.3 Å². The largest absolute Gasteiger partial charge is 0.389 e. The van der Waals surface area contributed by atoms with Crippen LogP contribution in [0.2, 0.25) is 0 Å². The molecule has 0 heterocycles. The molecule has 1 fully saturated rings. The fourth-order valence-electron chi connectivity index (χ4n) is 3.10. The van der Waals surface area contributed by atoms with Crippen LogP contribution in [0.5, 0.6) is 0 Å². The molecular formula is C14H22O. The molecule has 1 N–H and O–H groups in total. The van der Waals surface area contributed by atoms with Crippen molar-refractivity contribution in [3.05, 3.63) is 23.3 Å². The van der Waals surface area contributed by atoms with Gasteiger partial charge in [0.15, 0.2) is 0 Å². The van der Waals surface area contributed by atoms with Gasteiger partial charge in [0.2, 0.25) is 0 Å². The van der Waals surface area contributed by atoms with Gasteiger partial charge in [-0.05, 0) is 56.4 Å². The lowest BCUT2D eigenvalue weighted by atomic mass is 9.88. The van der Waals surface area contributed by atoms with Gasteiger partial charge in [-0.25, -0.2) is 0 Å². The van der Waals surface area contributed by atoms with E-state index in [1.165, 1.54) is 18.4 Å². The van der Waals surface area contributed by atoms with E-state index >= 15 is 0 Å². The second-order valence-electron chi connectivity index (χ2n) is 5.24. The molecule has 0 aromatic rings. The van der Waals surface area contributed by atoms with Crippen LogP contribution in [0.1, 0.15) is 40.0 Å². The normalized spacial score (nSPS) is 36.9. The minimum atomic E-state index is -0.228. The Labute approximate surface area is 92.9 Å². The molecule has 2 aliphatic rings. The Kier molecular flexibility index (Phi) is 3.01. The first-order valence-electron chi connectivity index (χ1n) is 6.16. The summed E-state index contributed by atoms with van der Waals surface area (Å²) in [5.74, 6) is 2.29. The highest BCUT2D eigenvalue weighted by atomic mass is 16.3. The predicted octanol–water partition coefficient (Wildman–Crippen LogP) is 3.31. The monoisotopic (exact) mass is 206 g/mol. The average Bonchev–Trinajstić information content (AvgIpc) is 2.75. The molecule has 4 unspecified atom stereocenters. The van der Waals surface area contributed by atoms with Gasteiger partial charge in [0, 0.05) is 0 Å². The quantitative estimate of drug-likeness (QED) is 0.702. The van der Waals surface area contributed by atoms with E-state index in [0.29, 0.717) is 5.92 Å². The van der Waals surface area contributed by atoms with E-state index in [0.717, 1.165) is 18.3 Å². The molecule has 0 spiro atoms. The number of fused-ring (bicyclic) bond motifs is 2. The van der Waals surface area contributed by atoms with Gasteiger partial charge in [-0.2, -0.15) is 0 Å². The van der Waals surface area contributed by atoms with Crippen molar-refractivity contribution in [2.24, 2.45) is 17.8 Å². The number of allylic oxidation sites excluding steroid dienone is 3. The fraction of sp³-hybridized carbons (Fsp3) is 0.714. The van der Waals surface area contributed by atoms with Crippen molar-refractivity contribution in [1.82, 2.24) is 0 Å². The molecule has 2 rings (SSSR count). The van der Waals surface area contributed by atoms with E-state index < -0.39 is 0 Å². The van der Waals surface area contributed by atoms with Crippen LogP contribution in [0.4, 0.5) is 0 Å². The Morgan fingerprint density at radius 2 is 2.33 bits per heavy atom. The maximum absolute atomic E-state index is 9.73. The molecular weight excluding hydrogens is 184 g/mol. The molecule has 0 saturated heterocycles. The Balaban J connectivity index is 2.04. The number of hydrogen-bond donors (Lipinski definition) is 1. The standard InChI is InChI=1S/C14H22O/c1-4-14(15)10(3)6-13-8-11-7-12(13)5-9(11)2/h5-6,11-15H,4,7-8H2,1-3H3/b10-6+. The van der Waals surface area contributed by atoms with Gasteiger partial charge in [0.05, 0.1) is 6.10 Å². The molecule has 1 saturated carbocycles. The van der Waals surface area contributed by atoms with E-state index in [9.17, 15) is 5.11 Å². The van der Waals surface area contributed by atoms with Gasteiger partial charge in [0.1, 0.15) is 0 Å². The zero-order valence-electron chi connectivity index (χ0n) is 10.0. The third-order valence-corrected chi connectivity index (χ3v) is 4.17. The topological polar surface area (TPSA) is 20.2 Å². The Morgan fingerprint density at radius 1 is 1.60 bits per heavy atom. The maximum atomic E-state index is 9.73. The molecule has 0 aromatic heterocycles. The van der Waals surface area contributed by atoms with E-state index in [-0.39, 0.29) is 6.10 Å². The molecule has 2 aliphatic carbocycles. The van der Waals surface area contributed by atoms with Crippen LogP contribution >= 0.6 is 0 Å². The minimum Gasteiger partial charge on any atom is -0.389 e. The van der Waals surface area contributed by atoms with Crippen molar-refractivity contribution in [3.8, 4) is 0 Å². The molecule has 1 nitrogen and oxygen atoms in total. The van der Waals surface area contributed by atoms with Crippen molar-refractivity contribution < 1.29 is 5.11 Å². The minimum absolute atomic E-state index is 0.228. The highest BCUT2D eigenvalue weighted by molar-refractivity contribution is 5.23. The van der Waals surface area contributed by atoms with Crippen molar-refractivity contribution in [3.63, 3.8) is 0 Å². The van der Waals surface area contributed by atoms with Crippen LogP contribution in [0, 0.1) is 17.8 Å². The van der Waals surface area contributed by atoms with E-state index in [2.05, 4.69) is 26.0 Å². The van der Waals surface area contributed by atoms with Gasteiger partial charge in [-0.1, -0.05) is 24.6 Å². The van der Waals surface area contributed by atoms with Crippen LogP contribution < -0.4 is 0 Å². The van der Waals surface area contributed by atoms with Crippen LogP contribution in [-0.4, -0.2) is 11.2 Å².